The van der Waals surface area contributed by atoms with Crippen molar-refractivity contribution in [2.45, 2.75) is 39.0 Å². The van der Waals surface area contributed by atoms with Crippen LogP contribution in [0, 0.1) is 18.8 Å². The number of aromatic nitrogens is 1. The number of carbonyl (C=O) groups excluding carboxylic acids is 3. The highest BCUT2D eigenvalue weighted by Gasteiger charge is 2.38. The predicted octanol–water partition coefficient (Wildman–Crippen LogP) is 1.71. The molecule has 3 aliphatic heterocycles. The van der Waals surface area contributed by atoms with E-state index in [1.807, 2.05) is 33.8 Å². The van der Waals surface area contributed by atoms with Gasteiger partial charge in [0.2, 0.25) is 11.8 Å². The van der Waals surface area contributed by atoms with Crippen molar-refractivity contribution in [2.24, 2.45) is 11.8 Å². The fourth-order valence-electron chi connectivity index (χ4n) is 4.72. The van der Waals surface area contributed by atoms with E-state index in [0.29, 0.717) is 44.1 Å². The Kier molecular flexibility index (Phi) is 5.83. The third kappa shape index (κ3) is 4.43. The lowest BCUT2D eigenvalue weighted by atomic mass is 9.95. The van der Waals surface area contributed by atoms with Crippen LogP contribution in [-0.4, -0.2) is 76.7 Å². The maximum Gasteiger partial charge on any atom is 0.255 e. The van der Waals surface area contributed by atoms with Crippen LogP contribution in [0.25, 0.3) is 0 Å². The van der Waals surface area contributed by atoms with Crippen molar-refractivity contribution >= 4 is 17.7 Å². The summed E-state index contributed by atoms with van der Waals surface area (Å²) in [5, 5.41) is 0. The number of carbonyl (C=O) groups is 3. The summed E-state index contributed by atoms with van der Waals surface area (Å²) in [4.78, 5) is 47.6. The summed E-state index contributed by atoms with van der Waals surface area (Å²) in [6.07, 6.45) is 5.93. The number of hydrogen-bond acceptors (Lipinski definition) is 4. The minimum Gasteiger partial charge on any atom is -0.342 e. The van der Waals surface area contributed by atoms with Crippen molar-refractivity contribution in [3.63, 3.8) is 0 Å². The summed E-state index contributed by atoms with van der Waals surface area (Å²) in [6, 6.07) is 3.69. The minimum absolute atomic E-state index is 0.0319. The van der Waals surface area contributed by atoms with Gasteiger partial charge < -0.3 is 14.7 Å². The van der Waals surface area contributed by atoms with Gasteiger partial charge in [-0.1, -0.05) is 0 Å². The fraction of sp³-hybridized carbons (Fsp3) is 0.636. The molecule has 1 atom stereocenters. The number of hydrogen-bond donors (Lipinski definition) is 0. The Morgan fingerprint density at radius 1 is 1.07 bits per heavy atom. The van der Waals surface area contributed by atoms with Gasteiger partial charge in [0, 0.05) is 57.6 Å². The van der Waals surface area contributed by atoms with E-state index in [1.165, 1.54) is 0 Å². The van der Waals surface area contributed by atoms with Crippen molar-refractivity contribution in [3.8, 4) is 0 Å². The van der Waals surface area contributed by atoms with Gasteiger partial charge in [-0.15, -0.1) is 0 Å². The molecule has 0 radical (unpaired) electrons. The average molecular weight is 399 g/mol. The van der Waals surface area contributed by atoms with E-state index in [2.05, 4.69) is 4.98 Å². The van der Waals surface area contributed by atoms with E-state index in [0.717, 1.165) is 44.5 Å². The summed E-state index contributed by atoms with van der Waals surface area (Å²) < 4.78 is 0. The van der Waals surface area contributed by atoms with Crippen LogP contribution in [0.4, 0.5) is 0 Å². The molecule has 3 saturated heterocycles. The largest absolute Gasteiger partial charge is 0.342 e. The summed E-state index contributed by atoms with van der Waals surface area (Å²) >= 11 is 0. The number of pyridine rings is 1. The molecule has 7 nitrogen and oxygen atoms in total. The summed E-state index contributed by atoms with van der Waals surface area (Å²) in [5.74, 6) is 0.512. The van der Waals surface area contributed by atoms with Gasteiger partial charge in [-0.3, -0.25) is 19.4 Å². The molecule has 4 heterocycles. The number of piperidine rings is 1. The van der Waals surface area contributed by atoms with Crippen molar-refractivity contribution in [2.75, 3.05) is 39.3 Å². The molecule has 0 saturated carbocycles. The Hall–Kier alpha value is -2.44. The lowest BCUT2D eigenvalue weighted by molar-refractivity contribution is -0.134. The molecule has 1 unspecified atom stereocenters. The molecule has 1 aromatic heterocycles. The molecule has 7 heteroatoms. The number of nitrogens with zero attached hydrogens (tertiary/aromatic N) is 4. The molecule has 0 aromatic carbocycles. The molecule has 156 valence electrons. The summed E-state index contributed by atoms with van der Waals surface area (Å²) in [7, 11) is 0. The first kappa shape index (κ1) is 19.9. The molecule has 29 heavy (non-hydrogen) atoms. The van der Waals surface area contributed by atoms with E-state index in [-0.39, 0.29) is 23.6 Å². The molecule has 3 amide bonds. The second kappa shape index (κ2) is 8.51. The Morgan fingerprint density at radius 2 is 1.79 bits per heavy atom. The van der Waals surface area contributed by atoms with Crippen LogP contribution in [0.1, 0.15) is 48.2 Å². The molecule has 0 aliphatic carbocycles. The molecule has 3 fully saturated rings. The van der Waals surface area contributed by atoms with E-state index in [1.54, 1.807) is 6.20 Å². The molecule has 3 aliphatic rings. The van der Waals surface area contributed by atoms with Crippen LogP contribution >= 0.6 is 0 Å². The zero-order valence-corrected chi connectivity index (χ0v) is 17.2. The first-order valence-corrected chi connectivity index (χ1v) is 10.8. The first-order chi connectivity index (χ1) is 14.0. The normalized spacial score (nSPS) is 23.1. The summed E-state index contributed by atoms with van der Waals surface area (Å²) in [5.41, 5.74) is 1.53. The van der Waals surface area contributed by atoms with Gasteiger partial charge in [0.15, 0.2) is 0 Å². The van der Waals surface area contributed by atoms with Crippen molar-refractivity contribution < 1.29 is 14.4 Å². The number of aryl methyl sites for hydroxylation is 1. The molecule has 0 bridgehead atoms. The van der Waals surface area contributed by atoms with Gasteiger partial charge >= 0.3 is 0 Å². The smallest absolute Gasteiger partial charge is 0.255 e. The third-order valence-corrected chi connectivity index (χ3v) is 6.52. The summed E-state index contributed by atoms with van der Waals surface area (Å²) in [6.45, 7) is 6.26. The molecular weight excluding hydrogens is 368 g/mol. The van der Waals surface area contributed by atoms with E-state index in [4.69, 9.17) is 0 Å². The Bertz CT molecular complexity index is 765. The second-order valence-corrected chi connectivity index (χ2v) is 8.66. The fourth-order valence-corrected chi connectivity index (χ4v) is 4.72. The van der Waals surface area contributed by atoms with Crippen molar-refractivity contribution in [1.29, 1.82) is 0 Å². The molecule has 4 rings (SSSR count). The van der Waals surface area contributed by atoms with Crippen molar-refractivity contribution in [1.82, 2.24) is 19.7 Å². The number of amides is 3. The Labute approximate surface area is 172 Å². The maximum absolute atomic E-state index is 12.6. The highest BCUT2D eigenvalue weighted by molar-refractivity contribution is 5.94. The Morgan fingerprint density at radius 3 is 2.45 bits per heavy atom. The van der Waals surface area contributed by atoms with Gasteiger partial charge in [0.05, 0.1) is 11.5 Å². The monoisotopic (exact) mass is 398 g/mol. The van der Waals surface area contributed by atoms with Gasteiger partial charge in [0.25, 0.3) is 5.91 Å². The Balaban J connectivity index is 1.26. The molecule has 0 spiro atoms. The minimum atomic E-state index is -0.170. The first-order valence-electron chi connectivity index (χ1n) is 10.8. The van der Waals surface area contributed by atoms with Gasteiger partial charge in [-0.2, -0.15) is 0 Å². The molecule has 1 aromatic rings. The van der Waals surface area contributed by atoms with E-state index < -0.39 is 0 Å². The van der Waals surface area contributed by atoms with Gasteiger partial charge in [-0.05, 0) is 50.7 Å². The van der Waals surface area contributed by atoms with E-state index >= 15 is 0 Å². The predicted molar refractivity (Wildman–Crippen MR) is 108 cm³/mol. The standard InChI is InChI=1S/C22H30N4O3/c1-16-4-5-18(13-23-16)21(28)25-10-6-17(7-11-25)14-26-15-19(12-20(26)27)22(29)24-8-2-3-9-24/h4-5,13,17,19H,2-3,6-12,14-15H2,1H3. The SMILES string of the molecule is Cc1ccc(C(=O)N2CCC(CN3CC(C(=O)N4CCCC4)CC3=O)CC2)cn1. The number of likely N-dealkylation sites (tertiary alicyclic amines) is 3. The topological polar surface area (TPSA) is 73.8 Å². The third-order valence-electron chi connectivity index (χ3n) is 6.52. The van der Waals surface area contributed by atoms with Gasteiger partial charge in [0.1, 0.15) is 0 Å². The lowest BCUT2D eigenvalue weighted by Crippen LogP contribution is -2.42. The van der Waals surface area contributed by atoms with Crippen LogP contribution in [0.5, 0.6) is 0 Å². The van der Waals surface area contributed by atoms with Crippen LogP contribution < -0.4 is 0 Å². The van der Waals surface area contributed by atoms with Gasteiger partial charge in [-0.25, -0.2) is 0 Å². The van der Waals surface area contributed by atoms with E-state index in [9.17, 15) is 14.4 Å². The second-order valence-electron chi connectivity index (χ2n) is 8.66. The van der Waals surface area contributed by atoms with Crippen LogP contribution in [0.2, 0.25) is 0 Å². The zero-order valence-electron chi connectivity index (χ0n) is 17.2. The zero-order chi connectivity index (χ0) is 20.4. The van der Waals surface area contributed by atoms with Crippen LogP contribution in [0.3, 0.4) is 0 Å². The highest BCUT2D eigenvalue weighted by Crippen LogP contribution is 2.26. The number of rotatable bonds is 4. The quantitative estimate of drug-likeness (QED) is 0.774. The average Bonchev–Trinajstić information content (AvgIpc) is 3.39. The molecule has 0 N–H and O–H groups in total. The van der Waals surface area contributed by atoms with Crippen LogP contribution in [-0.2, 0) is 9.59 Å². The highest BCUT2D eigenvalue weighted by atomic mass is 16.2. The lowest BCUT2D eigenvalue weighted by Gasteiger charge is -2.34. The molecular formula is C22H30N4O3. The van der Waals surface area contributed by atoms with Crippen molar-refractivity contribution in [3.05, 3.63) is 29.6 Å². The maximum atomic E-state index is 12.6. The van der Waals surface area contributed by atoms with Crippen LogP contribution in [0.15, 0.2) is 18.3 Å².